The highest BCUT2D eigenvalue weighted by atomic mass is 32.2. The van der Waals surface area contributed by atoms with E-state index in [9.17, 15) is 17.6 Å². The number of anilines is 1. The topological polar surface area (TPSA) is 139 Å². The fourth-order valence-electron chi connectivity index (χ4n) is 4.39. The van der Waals surface area contributed by atoms with Gasteiger partial charge in [-0.2, -0.15) is 13.1 Å². The molecule has 1 aliphatic rings. The van der Waals surface area contributed by atoms with Crippen LogP contribution in [0.1, 0.15) is 54.4 Å². The number of carbonyl (C=O) groups excluding carboxylic acids is 1. The van der Waals surface area contributed by atoms with Gasteiger partial charge in [-0.25, -0.2) is 23.7 Å². The molecule has 1 aliphatic carbocycles. The van der Waals surface area contributed by atoms with E-state index in [2.05, 4.69) is 29.4 Å². The minimum Gasteiger partial charge on any atom is -0.384 e. The summed E-state index contributed by atoms with van der Waals surface area (Å²) in [5.74, 6) is -2.61. The van der Waals surface area contributed by atoms with Crippen molar-refractivity contribution in [1.82, 2.24) is 24.7 Å². The first-order chi connectivity index (χ1) is 19.0. The second-order valence-corrected chi connectivity index (χ2v) is 11.8. The minimum atomic E-state index is -4.21. The van der Waals surface area contributed by atoms with Crippen LogP contribution in [0.15, 0.2) is 43.0 Å². The summed E-state index contributed by atoms with van der Waals surface area (Å²) >= 11 is 0. The summed E-state index contributed by atoms with van der Waals surface area (Å²) in [5, 5.41) is 0.328. The van der Waals surface area contributed by atoms with Crippen LogP contribution in [0.4, 0.5) is 14.5 Å². The van der Waals surface area contributed by atoms with E-state index in [0.717, 1.165) is 25.0 Å². The van der Waals surface area contributed by atoms with Crippen molar-refractivity contribution in [2.24, 2.45) is 5.41 Å². The van der Waals surface area contributed by atoms with Gasteiger partial charge < -0.3 is 9.72 Å². The summed E-state index contributed by atoms with van der Waals surface area (Å²) in [6, 6.07) is 3.42. The Bertz CT molecular complexity index is 1690. The predicted molar refractivity (Wildman–Crippen MR) is 145 cm³/mol. The van der Waals surface area contributed by atoms with Crippen LogP contribution in [-0.4, -0.2) is 54.4 Å². The number of methoxy groups -OCH3 is 1. The van der Waals surface area contributed by atoms with Crippen molar-refractivity contribution in [2.45, 2.75) is 32.6 Å². The van der Waals surface area contributed by atoms with Crippen molar-refractivity contribution in [1.29, 1.82) is 0 Å². The number of carbonyl (C=O) groups is 1. The molecular formula is C27H28F2N6O4S. The van der Waals surface area contributed by atoms with Crippen LogP contribution in [-0.2, 0) is 14.9 Å². The number of hydrogen-bond acceptors (Lipinski definition) is 7. The zero-order valence-electron chi connectivity index (χ0n) is 22.1. The lowest BCUT2D eigenvalue weighted by atomic mass is 10.0. The van der Waals surface area contributed by atoms with Crippen LogP contribution in [0.3, 0.4) is 0 Å². The molecule has 40 heavy (non-hydrogen) atoms. The molecule has 0 bridgehead atoms. The number of hydrogen-bond donors (Lipinski definition) is 3. The van der Waals surface area contributed by atoms with Gasteiger partial charge in [0.2, 0.25) is 5.78 Å². The molecule has 3 heterocycles. The quantitative estimate of drug-likeness (QED) is 0.228. The van der Waals surface area contributed by atoms with Crippen molar-refractivity contribution in [3.63, 3.8) is 0 Å². The highest BCUT2D eigenvalue weighted by Gasteiger charge is 2.43. The Morgan fingerprint density at radius 1 is 1.12 bits per heavy atom. The summed E-state index contributed by atoms with van der Waals surface area (Å²) in [5.41, 5.74) is -0.195. The Morgan fingerprint density at radius 2 is 1.82 bits per heavy atom. The lowest BCUT2D eigenvalue weighted by molar-refractivity contribution is 0.103. The third kappa shape index (κ3) is 5.58. The van der Waals surface area contributed by atoms with Gasteiger partial charge in [-0.3, -0.25) is 9.52 Å². The maximum Gasteiger partial charge on any atom is 0.299 e. The molecule has 0 unspecified atom stereocenters. The number of ketones is 1. The molecule has 10 nitrogen and oxygen atoms in total. The monoisotopic (exact) mass is 570 g/mol. The van der Waals surface area contributed by atoms with E-state index in [1.807, 2.05) is 13.8 Å². The molecule has 5 rings (SSSR count). The summed E-state index contributed by atoms with van der Waals surface area (Å²) in [6.07, 6.45) is 7.76. The van der Waals surface area contributed by atoms with Gasteiger partial charge in [0.05, 0.1) is 17.9 Å². The molecule has 0 spiro atoms. The van der Waals surface area contributed by atoms with Gasteiger partial charge >= 0.3 is 0 Å². The number of benzene rings is 1. The van der Waals surface area contributed by atoms with Gasteiger partial charge in [0.25, 0.3) is 10.2 Å². The zero-order valence-corrected chi connectivity index (χ0v) is 22.9. The molecule has 210 valence electrons. The number of halogens is 2. The van der Waals surface area contributed by atoms with Gasteiger partial charge in [-0.1, -0.05) is 13.8 Å². The minimum absolute atomic E-state index is 0.0322. The fourth-order valence-corrected chi connectivity index (χ4v) is 5.41. The molecule has 13 heteroatoms. The summed E-state index contributed by atoms with van der Waals surface area (Å²) in [7, 11) is -2.68. The van der Waals surface area contributed by atoms with Crippen molar-refractivity contribution >= 4 is 32.7 Å². The van der Waals surface area contributed by atoms with E-state index in [-0.39, 0.29) is 23.4 Å². The van der Waals surface area contributed by atoms with Crippen molar-refractivity contribution in [3.8, 4) is 11.1 Å². The number of aromatic amines is 1. The van der Waals surface area contributed by atoms with Crippen molar-refractivity contribution < 1.29 is 26.7 Å². The molecular weight excluding hydrogens is 542 g/mol. The molecule has 1 saturated carbocycles. The van der Waals surface area contributed by atoms with E-state index >= 15 is 4.39 Å². The summed E-state index contributed by atoms with van der Waals surface area (Å²) in [4.78, 5) is 29.3. The Labute approximate surface area is 229 Å². The summed E-state index contributed by atoms with van der Waals surface area (Å²) in [6.45, 7) is 4.43. The fraction of sp³-hybridized carbons (Fsp3) is 0.333. The molecule has 1 fully saturated rings. The number of ether oxygens (including phenoxy) is 1. The average molecular weight is 571 g/mol. The second kappa shape index (κ2) is 10.6. The van der Waals surface area contributed by atoms with Crippen molar-refractivity contribution in [3.05, 3.63) is 71.6 Å². The van der Waals surface area contributed by atoms with Gasteiger partial charge in [0, 0.05) is 71.9 Å². The molecule has 0 aliphatic heterocycles. The van der Waals surface area contributed by atoms with Gasteiger partial charge in [0.15, 0.2) is 5.82 Å². The van der Waals surface area contributed by atoms with Crippen LogP contribution < -0.4 is 9.44 Å². The SMILES string of the molecule is COCC1(CNS(=O)(=O)Nc2ccc(F)c(C(=O)c3c[nH]c4ncc(-c5cnc(C(C)C)nc5)cc34)c2F)CC1. The Morgan fingerprint density at radius 3 is 2.48 bits per heavy atom. The number of fused-ring (bicyclic) bond motifs is 1. The van der Waals surface area contributed by atoms with Crippen LogP contribution >= 0.6 is 0 Å². The first-order valence-electron chi connectivity index (χ1n) is 12.6. The summed E-state index contributed by atoms with van der Waals surface area (Å²) < 4.78 is 65.1. The standard InChI is InChI=1S/C27H28F2N6O4S/c1-15(2)25-30-10-17(11-31-25)16-8-18-19(12-33-26(18)32-9-16)24(36)22-20(28)4-5-21(23(22)29)35-40(37,38)34-13-27(6-7-27)14-39-3/h4-5,8-12,15,34-35H,6-7,13-14H2,1-3H3,(H,32,33). The normalized spacial score (nSPS) is 14.6. The molecule has 3 aromatic heterocycles. The van der Waals surface area contributed by atoms with Gasteiger partial charge in [0.1, 0.15) is 17.3 Å². The zero-order chi connectivity index (χ0) is 28.7. The molecule has 3 N–H and O–H groups in total. The van der Waals surface area contributed by atoms with E-state index in [1.54, 1.807) is 24.7 Å². The van der Waals surface area contributed by atoms with E-state index in [1.165, 1.54) is 13.3 Å². The van der Waals surface area contributed by atoms with Crippen LogP contribution in [0.25, 0.3) is 22.2 Å². The number of H-pyrrole nitrogens is 1. The highest BCUT2D eigenvalue weighted by molar-refractivity contribution is 7.90. The van der Waals surface area contributed by atoms with Crippen LogP contribution in [0.2, 0.25) is 0 Å². The van der Waals surface area contributed by atoms with Crippen LogP contribution in [0, 0.1) is 17.0 Å². The number of rotatable bonds is 11. The largest absolute Gasteiger partial charge is 0.384 e. The molecule has 4 aromatic rings. The molecule has 0 saturated heterocycles. The molecule has 0 radical (unpaired) electrons. The van der Waals surface area contributed by atoms with Crippen LogP contribution in [0.5, 0.6) is 0 Å². The average Bonchev–Trinajstić information content (AvgIpc) is 3.57. The number of aromatic nitrogens is 4. The van der Waals surface area contributed by atoms with Crippen molar-refractivity contribution in [2.75, 3.05) is 25.0 Å². The predicted octanol–water partition coefficient (Wildman–Crippen LogP) is 4.33. The van der Waals surface area contributed by atoms with E-state index < -0.39 is 38.9 Å². The van der Waals surface area contributed by atoms with E-state index in [4.69, 9.17) is 4.74 Å². The highest BCUT2D eigenvalue weighted by Crippen LogP contribution is 2.45. The maximum atomic E-state index is 15.5. The van der Waals surface area contributed by atoms with Gasteiger partial charge in [-0.05, 0) is 31.0 Å². The maximum absolute atomic E-state index is 15.5. The molecule has 0 atom stereocenters. The third-order valence-corrected chi connectivity index (χ3v) is 7.92. The Balaban J connectivity index is 1.43. The first-order valence-corrected chi connectivity index (χ1v) is 14.1. The number of nitrogens with zero attached hydrogens (tertiary/aromatic N) is 3. The number of nitrogens with one attached hydrogen (secondary N) is 3. The smallest absolute Gasteiger partial charge is 0.299 e. The third-order valence-electron chi connectivity index (χ3n) is 6.90. The molecule has 1 aromatic carbocycles. The Hall–Kier alpha value is -3.81. The van der Waals surface area contributed by atoms with Gasteiger partial charge in [-0.15, -0.1) is 0 Å². The Kier molecular flexibility index (Phi) is 7.38. The lowest BCUT2D eigenvalue weighted by Gasteiger charge is -2.16. The van der Waals surface area contributed by atoms with E-state index in [0.29, 0.717) is 34.6 Å². The first kappa shape index (κ1) is 27.7. The second-order valence-electron chi connectivity index (χ2n) is 10.3. The lowest BCUT2D eigenvalue weighted by Crippen LogP contribution is -2.36. The molecule has 0 amide bonds. The number of pyridine rings is 1.